The molecule has 0 fully saturated rings. The van der Waals surface area contributed by atoms with Crippen LogP contribution in [0.4, 0.5) is 10.6 Å². The van der Waals surface area contributed by atoms with E-state index >= 15 is 0 Å². The van der Waals surface area contributed by atoms with Crippen LogP contribution in [0, 0.1) is 0 Å². The summed E-state index contributed by atoms with van der Waals surface area (Å²) < 4.78 is 3.63. The fourth-order valence-corrected chi connectivity index (χ4v) is 1.34. The van der Waals surface area contributed by atoms with Crippen molar-refractivity contribution in [1.82, 2.24) is 14.9 Å². The molecular formula is C8H14N4OS. The average Bonchev–Trinajstić information content (AvgIpc) is 2.65. The fourth-order valence-electron chi connectivity index (χ4n) is 0.957. The highest BCUT2D eigenvalue weighted by Crippen LogP contribution is 2.02. The fraction of sp³-hybridized carbons (Fsp3) is 0.625. The minimum atomic E-state index is -0.214. The zero-order chi connectivity index (χ0) is 10.2. The van der Waals surface area contributed by atoms with Gasteiger partial charge in [0.2, 0.25) is 0 Å². The lowest BCUT2D eigenvalue weighted by molar-refractivity contribution is 0.252. The van der Waals surface area contributed by atoms with E-state index in [2.05, 4.69) is 27.1 Å². The highest BCUT2D eigenvalue weighted by Gasteiger charge is 2.01. The topological polar surface area (TPSA) is 66.9 Å². The van der Waals surface area contributed by atoms with E-state index in [0.717, 1.165) is 19.3 Å². The Balaban J connectivity index is 2.11. The van der Waals surface area contributed by atoms with Gasteiger partial charge in [0.25, 0.3) is 0 Å². The van der Waals surface area contributed by atoms with Crippen molar-refractivity contribution in [2.24, 2.45) is 0 Å². The van der Waals surface area contributed by atoms with Gasteiger partial charge in [0.1, 0.15) is 0 Å². The number of hydrogen-bond acceptors (Lipinski definition) is 4. The van der Waals surface area contributed by atoms with Gasteiger partial charge in [-0.05, 0) is 18.0 Å². The van der Waals surface area contributed by atoms with E-state index in [1.165, 1.54) is 11.5 Å². The maximum Gasteiger partial charge on any atom is 0.320 e. The number of amides is 2. The van der Waals surface area contributed by atoms with Gasteiger partial charge in [0, 0.05) is 6.54 Å². The highest BCUT2D eigenvalue weighted by molar-refractivity contribution is 7.03. The predicted octanol–water partition coefficient (Wildman–Crippen LogP) is 1.85. The smallest absolute Gasteiger partial charge is 0.320 e. The van der Waals surface area contributed by atoms with E-state index in [1.807, 2.05) is 0 Å². The first kappa shape index (κ1) is 10.9. The van der Waals surface area contributed by atoms with Gasteiger partial charge < -0.3 is 5.32 Å². The minimum absolute atomic E-state index is 0.214. The summed E-state index contributed by atoms with van der Waals surface area (Å²) in [4.78, 5) is 11.2. The number of nitrogens with one attached hydrogen (secondary N) is 2. The lowest BCUT2D eigenvalue weighted by Gasteiger charge is -2.03. The zero-order valence-electron chi connectivity index (χ0n) is 8.12. The van der Waals surface area contributed by atoms with Crippen LogP contribution in [-0.2, 0) is 0 Å². The number of rotatable bonds is 5. The second-order valence-electron chi connectivity index (χ2n) is 2.88. The summed E-state index contributed by atoms with van der Waals surface area (Å²) >= 11 is 1.21. The molecule has 0 aliphatic heterocycles. The zero-order valence-corrected chi connectivity index (χ0v) is 8.93. The third-order valence-corrected chi connectivity index (χ3v) is 2.17. The van der Waals surface area contributed by atoms with Gasteiger partial charge in [-0.1, -0.05) is 24.3 Å². The summed E-state index contributed by atoms with van der Waals surface area (Å²) in [5.41, 5.74) is 0. The molecule has 0 aromatic carbocycles. The van der Waals surface area contributed by atoms with E-state index < -0.39 is 0 Å². The molecule has 78 valence electrons. The quantitative estimate of drug-likeness (QED) is 0.735. The van der Waals surface area contributed by atoms with Crippen molar-refractivity contribution < 1.29 is 4.79 Å². The number of nitrogens with zero attached hydrogens (tertiary/aromatic N) is 2. The molecule has 0 unspecified atom stereocenters. The number of aromatic nitrogens is 2. The monoisotopic (exact) mass is 214 g/mol. The van der Waals surface area contributed by atoms with Crippen molar-refractivity contribution in [2.75, 3.05) is 11.9 Å². The van der Waals surface area contributed by atoms with Crippen molar-refractivity contribution in [1.29, 1.82) is 0 Å². The highest BCUT2D eigenvalue weighted by atomic mass is 32.1. The second kappa shape index (κ2) is 6.31. The third kappa shape index (κ3) is 4.18. The Hall–Kier alpha value is -1.17. The Morgan fingerprint density at radius 2 is 2.43 bits per heavy atom. The molecule has 0 radical (unpaired) electrons. The van der Waals surface area contributed by atoms with Crippen LogP contribution in [0.3, 0.4) is 0 Å². The van der Waals surface area contributed by atoms with Crippen LogP contribution in [-0.4, -0.2) is 22.2 Å². The van der Waals surface area contributed by atoms with Gasteiger partial charge in [0.05, 0.1) is 5.38 Å². The Bertz CT molecular complexity index is 262. The second-order valence-corrected chi connectivity index (χ2v) is 3.49. The van der Waals surface area contributed by atoms with E-state index in [0.29, 0.717) is 12.4 Å². The van der Waals surface area contributed by atoms with Gasteiger partial charge in [-0.3, -0.25) is 5.32 Å². The maximum atomic E-state index is 11.2. The Morgan fingerprint density at radius 1 is 1.57 bits per heavy atom. The SMILES string of the molecule is CCCCCNC(=O)Nc1csnn1. The van der Waals surface area contributed by atoms with E-state index in [9.17, 15) is 4.79 Å². The number of hydrogen-bond donors (Lipinski definition) is 2. The average molecular weight is 214 g/mol. The summed E-state index contributed by atoms with van der Waals surface area (Å²) in [5.74, 6) is 0.503. The number of urea groups is 1. The van der Waals surface area contributed by atoms with Crippen molar-refractivity contribution >= 4 is 23.4 Å². The molecule has 0 saturated heterocycles. The van der Waals surface area contributed by atoms with Crippen LogP contribution in [0.5, 0.6) is 0 Å². The first-order valence-electron chi connectivity index (χ1n) is 4.65. The summed E-state index contributed by atoms with van der Waals surface area (Å²) in [6, 6.07) is -0.214. The lowest BCUT2D eigenvalue weighted by atomic mass is 10.2. The van der Waals surface area contributed by atoms with Gasteiger partial charge in [-0.25, -0.2) is 4.79 Å². The molecule has 6 heteroatoms. The number of unbranched alkanes of at least 4 members (excludes halogenated alkanes) is 2. The van der Waals surface area contributed by atoms with Gasteiger partial charge >= 0.3 is 6.03 Å². The molecule has 0 spiro atoms. The normalized spacial score (nSPS) is 9.79. The first-order valence-corrected chi connectivity index (χ1v) is 5.48. The van der Waals surface area contributed by atoms with E-state index in [4.69, 9.17) is 0 Å². The van der Waals surface area contributed by atoms with Crippen molar-refractivity contribution in [3.05, 3.63) is 5.38 Å². The predicted molar refractivity (Wildman–Crippen MR) is 56.5 cm³/mol. The van der Waals surface area contributed by atoms with E-state index in [-0.39, 0.29) is 6.03 Å². The van der Waals surface area contributed by atoms with Gasteiger partial charge in [-0.15, -0.1) is 5.10 Å². The van der Waals surface area contributed by atoms with Crippen molar-refractivity contribution in [2.45, 2.75) is 26.2 Å². The van der Waals surface area contributed by atoms with Crippen molar-refractivity contribution in [3.63, 3.8) is 0 Å². The van der Waals surface area contributed by atoms with Crippen LogP contribution in [0.2, 0.25) is 0 Å². The molecule has 0 aliphatic rings. The number of carbonyl (C=O) groups excluding carboxylic acids is 1. The molecule has 0 aliphatic carbocycles. The summed E-state index contributed by atoms with van der Waals surface area (Å²) in [5, 5.41) is 10.7. The van der Waals surface area contributed by atoms with Crippen LogP contribution in [0.25, 0.3) is 0 Å². The molecule has 1 heterocycles. The largest absolute Gasteiger partial charge is 0.338 e. The van der Waals surface area contributed by atoms with Crippen LogP contribution in [0.1, 0.15) is 26.2 Å². The number of carbonyl (C=O) groups is 1. The van der Waals surface area contributed by atoms with Gasteiger partial charge in [-0.2, -0.15) is 0 Å². The van der Waals surface area contributed by atoms with Gasteiger partial charge in [0.15, 0.2) is 5.82 Å². The standard InChI is InChI=1S/C8H14N4OS/c1-2-3-4-5-9-8(13)10-7-6-14-12-11-7/h6H,2-5H2,1H3,(H2,9,10,13). The molecular weight excluding hydrogens is 200 g/mol. The number of anilines is 1. The molecule has 0 atom stereocenters. The molecule has 2 amide bonds. The van der Waals surface area contributed by atoms with Crippen LogP contribution < -0.4 is 10.6 Å². The molecule has 2 N–H and O–H groups in total. The molecule has 14 heavy (non-hydrogen) atoms. The van der Waals surface area contributed by atoms with Crippen LogP contribution >= 0.6 is 11.5 Å². The summed E-state index contributed by atoms with van der Waals surface area (Å²) in [7, 11) is 0. The summed E-state index contributed by atoms with van der Waals surface area (Å²) in [6.45, 7) is 2.83. The van der Waals surface area contributed by atoms with Crippen molar-refractivity contribution in [3.8, 4) is 0 Å². The molecule has 0 bridgehead atoms. The third-order valence-electron chi connectivity index (χ3n) is 1.67. The Labute approximate surface area is 87.1 Å². The molecule has 1 rings (SSSR count). The van der Waals surface area contributed by atoms with E-state index in [1.54, 1.807) is 5.38 Å². The first-order chi connectivity index (χ1) is 6.83. The lowest BCUT2D eigenvalue weighted by Crippen LogP contribution is -2.29. The molecule has 5 nitrogen and oxygen atoms in total. The minimum Gasteiger partial charge on any atom is -0.338 e. The molecule has 1 aromatic rings. The molecule has 0 saturated carbocycles. The Kier molecular flexibility index (Phi) is 4.92. The Morgan fingerprint density at radius 3 is 3.07 bits per heavy atom. The molecule has 1 aromatic heterocycles. The van der Waals surface area contributed by atoms with Crippen LogP contribution in [0.15, 0.2) is 5.38 Å². The maximum absolute atomic E-state index is 11.2. The summed E-state index contributed by atoms with van der Waals surface area (Å²) in [6.07, 6.45) is 3.30.